The Labute approximate surface area is 181 Å². The lowest BCUT2D eigenvalue weighted by atomic mass is 10.1. The van der Waals surface area contributed by atoms with Gasteiger partial charge in [0.15, 0.2) is 28.9 Å². The summed E-state index contributed by atoms with van der Waals surface area (Å²) in [5.74, 6) is 1.00. The molecular formula is C24H22N2O3S. The molecule has 5 nitrogen and oxygen atoms in total. The van der Waals surface area contributed by atoms with Crippen LogP contribution in [-0.4, -0.2) is 18.2 Å². The Hall–Kier alpha value is -3.38. The van der Waals surface area contributed by atoms with Gasteiger partial charge < -0.3 is 19.9 Å². The number of fused-ring (bicyclic) bond motifs is 1. The van der Waals surface area contributed by atoms with E-state index < -0.39 is 0 Å². The van der Waals surface area contributed by atoms with Crippen LogP contribution in [0.3, 0.4) is 0 Å². The van der Waals surface area contributed by atoms with Crippen molar-refractivity contribution in [2.45, 2.75) is 13.8 Å². The first-order chi connectivity index (χ1) is 14.5. The maximum Gasteiger partial charge on any atom is 0.238 e. The van der Waals surface area contributed by atoms with Crippen molar-refractivity contribution >= 4 is 34.3 Å². The van der Waals surface area contributed by atoms with Crippen LogP contribution in [0.1, 0.15) is 16.7 Å². The highest BCUT2D eigenvalue weighted by Gasteiger charge is 2.20. The summed E-state index contributed by atoms with van der Waals surface area (Å²) >= 11 is 5.68. The molecule has 152 valence electrons. The number of hydrogen-bond donors (Lipinski definition) is 1. The van der Waals surface area contributed by atoms with Crippen LogP contribution >= 0.6 is 12.2 Å². The molecule has 0 aliphatic carbocycles. The molecular weight excluding hydrogens is 396 g/mol. The fourth-order valence-electron chi connectivity index (χ4n) is 3.44. The van der Waals surface area contributed by atoms with Gasteiger partial charge in [0.05, 0.1) is 0 Å². The van der Waals surface area contributed by atoms with Crippen LogP contribution in [0.2, 0.25) is 0 Å². The molecule has 1 N–H and O–H groups in total. The van der Waals surface area contributed by atoms with Gasteiger partial charge in [-0.25, -0.2) is 0 Å². The molecule has 0 fully saturated rings. The molecule has 1 aromatic heterocycles. The molecule has 2 heterocycles. The van der Waals surface area contributed by atoms with Gasteiger partial charge >= 0.3 is 0 Å². The van der Waals surface area contributed by atoms with E-state index in [1.165, 1.54) is 0 Å². The van der Waals surface area contributed by atoms with E-state index in [9.17, 15) is 5.11 Å². The summed E-state index contributed by atoms with van der Waals surface area (Å²) in [6, 6.07) is 16.9. The fourth-order valence-corrected chi connectivity index (χ4v) is 3.76. The molecule has 6 heteroatoms. The zero-order valence-electron chi connectivity index (χ0n) is 16.8. The number of rotatable bonds is 4. The second-order valence-corrected chi connectivity index (χ2v) is 7.56. The molecule has 1 aliphatic heterocycles. The highest BCUT2D eigenvalue weighted by Crippen LogP contribution is 2.32. The molecule has 3 aromatic rings. The van der Waals surface area contributed by atoms with Gasteiger partial charge in [0.2, 0.25) is 5.70 Å². The van der Waals surface area contributed by atoms with Crippen LogP contribution in [0, 0.1) is 13.8 Å². The summed E-state index contributed by atoms with van der Waals surface area (Å²) in [5.41, 5.74) is 3.93. The first kappa shape index (κ1) is 19.9. The number of aromatic nitrogens is 1. The maximum atomic E-state index is 13.5. The third-order valence-corrected chi connectivity index (χ3v) is 4.98. The Morgan fingerprint density at radius 1 is 0.933 bits per heavy atom. The van der Waals surface area contributed by atoms with Crippen LogP contribution in [0.25, 0.3) is 11.5 Å². The predicted octanol–water partition coefficient (Wildman–Crippen LogP) is 3.49. The van der Waals surface area contributed by atoms with Crippen molar-refractivity contribution in [3.05, 3.63) is 83.7 Å². The van der Waals surface area contributed by atoms with Crippen LogP contribution < -0.4 is 24.5 Å². The quantitative estimate of drug-likeness (QED) is 0.304. The van der Waals surface area contributed by atoms with E-state index in [4.69, 9.17) is 21.7 Å². The number of thiocarbonyl (C=S) groups is 1. The van der Waals surface area contributed by atoms with E-state index in [1.807, 2.05) is 44.2 Å². The average Bonchev–Trinajstić information content (AvgIpc) is 2.73. The highest BCUT2D eigenvalue weighted by atomic mass is 32.1. The summed E-state index contributed by atoms with van der Waals surface area (Å²) in [7, 11) is 0. The predicted molar refractivity (Wildman–Crippen MR) is 119 cm³/mol. The Balaban J connectivity index is 1.77. The minimum Gasteiger partial charge on any atom is -0.867 e. The number of nitrogens with one attached hydrogen (secondary N) is 1. The van der Waals surface area contributed by atoms with Crippen molar-refractivity contribution in [3.63, 3.8) is 0 Å². The van der Waals surface area contributed by atoms with Crippen LogP contribution in [0.15, 0.2) is 67.0 Å². The molecule has 0 radical (unpaired) electrons. The van der Waals surface area contributed by atoms with Gasteiger partial charge in [-0.3, -0.25) is 0 Å². The maximum absolute atomic E-state index is 13.5. The minimum absolute atomic E-state index is 0.204. The molecule has 0 saturated carbocycles. The standard InChI is InChI=1S/C24H22N2O3S/c1-16-12-17(2)14-19(13-16)25-24(30)22(26-8-4-3-5-9-26)23(27)18-6-7-20-21(15-18)29-11-10-28-20/h3-9,12-15H,10-11H2,1-2H3,(H-,25,27,30). The van der Waals surface area contributed by atoms with Gasteiger partial charge in [0, 0.05) is 17.8 Å². The Morgan fingerprint density at radius 3 is 2.30 bits per heavy atom. The number of aryl methyl sites for hydroxylation is 2. The van der Waals surface area contributed by atoms with E-state index in [1.54, 1.807) is 35.2 Å². The lowest BCUT2D eigenvalue weighted by Gasteiger charge is -2.21. The number of ether oxygens (including phenoxy) is 2. The van der Waals surface area contributed by atoms with Crippen LogP contribution in [0.5, 0.6) is 11.5 Å². The fraction of sp³-hybridized carbons (Fsp3) is 0.167. The van der Waals surface area contributed by atoms with E-state index in [-0.39, 0.29) is 5.76 Å². The number of benzene rings is 2. The topological polar surface area (TPSA) is 57.4 Å². The molecule has 1 aliphatic rings. The molecule has 30 heavy (non-hydrogen) atoms. The third kappa shape index (κ3) is 4.28. The van der Waals surface area contributed by atoms with Crippen molar-refractivity contribution in [2.24, 2.45) is 0 Å². The highest BCUT2D eigenvalue weighted by molar-refractivity contribution is 7.81. The van der Waals surface area contributed by atoms with Gasteiger partial charge in [-0.15, -0.1) is 0 Å². The number of hydrogen-bond acceptors (Lipinski definition) is 4. The monoisotopic (exact) mass is 418 g/mol. The average molecular weight is 419 g/mol. The zero-order valence-corrected chi connectivity index (χ0v) is 17.7. The van der Waals surface area contributed by atoms with Crippen LogP contribution in [-0.2, 0) is 0 Å². The lowest BCUT2D eigenvalue weighted by molar-refractivity contribution is -0.577. The molecule has 0 spiro atoms. The third-order valence-electron chi connectivity index (χ3n) is 4.69. The Morgan fingerprint density at radius 2 is 1.60 bits per heavy atom. The summed E-state index contributed by atoms with van der Waals surface area (Å²) in [6.07, 6.45) is 3.61. The minimum atomic E-state index is -0.204. The van der Waals surface area contributed by atoms with E-state index in [0.29, 0.717) is 41.0 Å². The van der Waals surface area contributed by atoms with Crippen molar-refractivity contribution in [1.29, 1.82) is 0 Å². The first-order valence-electron chi connectivity index (χ1n) is 9.69. The summed E-state index contributed by atoms with van der Waals surface area (Å²) < 4.78 is 12.9. The van der Waals surface area contributed by atoms with Crippen LogP contribution in [0.4, 0.5) is 5.69 Å². The van der Waals surface area contributed by atoms with Crippen molar-refractivity contribution in [2.75, 3.05) is 18.5 Å². The Kier molecular flexibility index (Phi) is 5.68. The summed E-state index contributed by atoms with van der Waals surface area (Å²) in [6.45, 7) is 5.01. The van der Waals surface area contributed by atoms with Gasteiger partial charge in [-0.2, -0.15) is 4.57 Å². The Bertz CT molecular complexity index is 1110. The molecule has 0 amide bonds. The van der Waals surface area contributed by atoms with E-state index >= 15 is 0 Å². The van der Waals surface area contributed by atoms with Gasteiger partial charge in [-0.05, 0) is 60.6 Å². The van der Waals surface area contributed by atoms with Crippen molar-refractivity contribution < 1.29 is 19.1 Å². The zero-order chi connectivity index (χ0) is 21.1. The van der Waals surface area contributed by atoms with Crippen molar-refractivity contribution in [1.82, 2.24) is 0 Å². The molecule has 2 aromatic carbocycles. The van der Waals surface area contributed by atoms with Gasteiger partial charge in [-0.1, -0.05) is 30.4 Å². The second-order valence-electron chi connectivity index (χ2n) is 7.15. The summed E-state index contributed by atoms with van der Waals surface area (Å²) in [5, 5.41) is 16.7. The smallest absolute Gasteiger partial charge is 0.238 e. The van der Waals surface area contributed by atoms with E-state index in [0.717, 1.165) is 16.8 Å². The molecule has 0 atom stereocenters. The number of pyridine rings is 1. The lowest BCUT2D eigenvalue weighted by Crippen LogP contribution is -2.39. The molecule has 4 rings (SSSR count). The molecule has 0 bridgehead atoms. The first-order valence-corrected chi connectivity index (χ1v) is 10.1. The largest absolute Gasteiger partial charge is 0.867 e. The number of nitrogens with zero attached hydrogens (tertiary/aromatic N) is 1. The van der Waals surface area contributed by atoms with Gasteiger partial charge in [0.1, 0.15) is 13.2 Å². The molecule has 0 unspecified atom stereocenters. The second kappa shape index (κ2) is 8.55. The summed E-state index contributed by atoms with van der Waals surface area (Å²) in [4.78, 5) is 0.344. The normalized spacial score (nSPS) is 13.4. The number of anilines is 1. The van der Waals surface area contributed by atoms with E-state index in [2.05, 4.69) is 11.4 Å². The van der Waals surface area contributed by atoms with Crippen molar-refractivity contribution in [3.8, 4) is 11.5 Å². The molecule has 0 saturated heterocycles. The SMILES string of the molecule is Cc1cc(C)cc(NC(=S)/C(=C(\[O-])c2ccc3c(c2)OCCO3)[n+]2ccccc2)c1. The van der Waals surface area contributed by atoms with Gasteiger partial charge in [0.25, 0.3) is 0 Å².